The van der Waals surface area contributed by atoms with Gasteiger partial charge in [0.2, 0.25) is 5.71 Å². The van der Waals surface area contributed by atoms with Gasteiger partial charge in [-0.25, -0.2) is 4.98 Å². The lowest BCUT2D eigenvalue weighted by Crippen LogP contribution is -1.78. The van der Waals surface area contributed by atoms with Crippen LogP contribution in [0.25, 0.3) is 33.2 Å². The standard InChI is InChI=1S/C11H6N4O/c1-2-12-5-7-6(1)8-9-10(14-4-3-13-9)15-11(8)16-7/h1-5H,(H,14,15). The summed E-state index contributed by atoms with van der Waals surface area (Å²) in [5.41, 5.74) is 3.04. The van der Waals surface area contributed by atoms with Crippen molar-refractivity contribution in [2.24, 2.45) is 0 Å². The van der Waals surface area contributed by atoms with E-state index in [9.17, 15) is 0 Å². The van der Waals surface area contributed by atoms with Crippen molar-refractivity contribution < 1.29 is 4.42 Å². The van der Waals surface area contributed by atoms with Crippen LogP contribution >= 0.6 is 0 Å². The maximum absolute atomic E-state index is 5.64. The Morgan fingerprint density at radius 3 is 3.06 bits per heavy atom. The van der Waals surface area contributed by atoms with Gasteiger partial charge in [-0.1, -0.05) is 0 Å². The number of fused-ring (bicyclic) bond motifs is 5. The first-order valence-electron chi connectivity index (χ1n) is 4.88. The Labute approximate surface area is 89.1 Å². The van der Waals surface area contributed by atoms with Gasteiger partial charge in [0.15, 0.2) is 11.2 Å². The number of hydrogen-bond acceptors (Lipinski definition) is 4. The van der Waals surface area contributed by atoms with E-state index in [-0.39, 0.29) is 0 Å². The van der Waals surface area contributed by atoms with Crippen molar-refractivity contribution in [3.63, 3.8) is 0 Å². The predicted octanol–water partition coefficient (Wildman–Crippen LogP) is 2.25. The van der Waals surface area contributed by atoms with Gasteiger partial charge in [0.25, 0.3) is 0 Å². The summed E-state index contributed by atoms with van der Waals surface area (Å²) in [6.45, 7) is 0. The lowest BCUT2D eigenvalue weighted by molar-refractivity contribution is 0.655. The summed E-state index contributed by atoms with van der Waals surface area (Å²) < 4.78 is 5.64. The van der Waals surface area contributed by atoms with Crippen LogP contribution in [-0.4, -0.2) is 19.9 Å². The molecule has 0 radical (unpaired) electrons. The van der Waals surface area contributed by atoms with E-state index in [2.05, 4.69) is 19.9 Å². The fourth-order valence-corrected chi connectivity index (χ4v) is 1.99. The van der Waals surface area contributed by atoms with E-state index >= 15 is 0 Å². The van der Waals surface area contributed by atoms with Crippen LogP contribution < -0.4 is 0 Å². The van der Waals surface area contributed by atoms with Crippen molar-refractivity contribution in [1.29, 1.82) is 0 Å². The summed E-state index contributed by atoms with van der Waals surface area (Å²) in [4.78, 5) is 15.6. The van der Waals surface area contributed by atoms with E-state index < -0.39 is 0 Å². The molecular formula is C11H6N4O. The Morgan fingerprint density at radius 2 is 2.06 bits per heavy atom. The first kappa shape index (κ1) is 7.81. The number of pyridine rings is 1. The molecule has 0 aliphatic heterocycles. The first-order chi connectivity index (χ1) is 7.93. The molecule has 0 unspecified atom stereocenters. The summed E-state index contributed by atoms with van der Waals surface area (Å²) in [7, 11) is 0. The number of nitrogens with one attached hydrogen (secondary N) is 1. The summed E-state index contributed by atoms with van der Waals surface area (Å²) in [5, 5.41) is 1.98. The van der Waals surface area contributed by atoms with Crippen LogP contribution in [0, 0.1) is 0 Å². The SMILES string of the molecule is c1cc2c(cn1)oc1[nH]c3nccnc3c12. The maximum Gasteiger partial charge on any atom is 0.209 e. The molecule has 4 rings (SSSR count). The smallest absolute Gasteiger partial charge is 0.209 e. The molecule has 0 aliphatic carbocycles. The number of furan rings is 1. The minimum absolute atomic E-state index is 0.698. The molecule has 0 atom stereocenters. The molecule has 16 heavy (non-hydrogen) atoms. The van der Waals surface area contributed by atoms with E-state index in [0.29, 0.717) is 5.71 Å². The molecule has 5 heteroatoms. The van der Waals surface area contributed by atoms with E-state index in [1.807, 2.05) is 6.07 Å². The van der Waals surface area contributed by atoms with Crippen molar-refractivity contribution in [2.75, 3.05) is 0 Å². The highest BCUT2D eigenvalue weighted by Crippen LogP contribution is 2.31. The number of nitrogens with zero attached hydrogens (tertiary/aromatic N) is 3. The zero-order valence-corrected chi connectivity index (χ0v) is 8.14. The van der Waals surface area contributed by atoms with E-state index in [1.54, 1.807) is 24.8 Å². The Bertz CT molecular complexity index is 749. The van der Waals surface area contributed by atoms with Crippen molar-refractivity contribution in [3.05, 3.63) is 30.9 Å². The first-order valence-corrected chi connectivity index (χ1v) is 4.88. The van der Waals surface area contributed by atoms with Gasteiger partial charge in [-0.2, -0.15) is 0 Å². The van der Waals surface area contributed by atoms with Gasteiger partial charge in [-0.05, 0) is 6.07 Å². The molecule has 4 heterocycles. The second-order valence-electron chi connectivity index (χ2n) is 3.56. The molecular weight excluding hydrogens is 204 g/mol. The third kappa shape index (κ3) is 0.826. The van der Waals surface area contributed by atoms with Gasteiger partial charge in [0, 0.05) is 24.0 Å². The molecule has 0 spiro atoms. The molecule has 1 N–H and O–H groups in total. The van der Waals surface area contributed by atoms with E-state index in [0.717, 1.165) is 27.5 Å². The zero-order valence-electron chi connectivity index (χ0n) is 8.14. The second-order valence-corrected chi connectivity index (χ2v) is 3.56. The largest absolute Gasteiger partial charge is 0.438 e. The molecule has 0 bridgehead atoms. The molecule has 76 valence electrons. The van der Waals surface area contributed by atoms with Gasteiger partial charge in [0.1, 0.15) is 5.52 Å². The third-order valence-electron chi connectivity index (χ3n) is 2.66. The minimum atomic E-state index is 0.698. The summed E-state index contributed by atoms with van der Waals surface area (Å²) in [6, 6.07) is 1.92. The van der Waals surface area contributed by atoms with Crippen LogP contribution in [0.1, 0.15) is 0 Å². The molecule has 0 aliphatic rings. The van der Waals surface area contributed by atoms with Crippen LogP contribution in [0.15, 0.2) is 35.3 Å². The highest BCUT2D eigenvalue weighted by atomic mass is 16.3. The number of aromatic amines is 1. The maximum atomic E-state index is 5.64. The molecule has 4 aromatic rings. The molecule has 0 saturated heterocycles. The lowest BCUT2D eigenvalue weighted by Gasteiger charge is -1.88. The average Bonchev–Trinajstić information content (AvgIpc) is 2.83. The number of H-pyrrole nitrogens is 1. The Kier molecular flexibility index (Phi) is 1.26. The lowest BCUT2D eigenvalue weighted by atomic mass is 10.2. The fraction of sp³-hybridized carbons (Fsp3) is 0. The zero-order chi connectivity index (χ0) is 10.5. The fourth-order valence-electron chi connectivity index (χ4n) is 1.99. The number of aromatic nitrogens is 4. The molecule has 4 aromatic heterocycles. The van der Waals surface area contributed by atoms with Gasteiger partial charge < -0.3 is 9.40 Å². The topological polar surface area (TPSA) is 67.6 Å². The van der Waals surface area contributed by atoms with Gasteiger partial charge in [0.05, 0.1) is 11.6 Å². The number of rotatable bonds is 0. The molecule has 0 amide bonds. The third-order valence-corrected chi connectivity index (χ3v) is 2.66. The molecule has 5 nitrogen and oxygen atoms in total. The predicted molar refractivity (Wildman–Crippen MR) is 59.0 cm³/mol. The molecule has 0 fully saturated rings. The number of hydrogen-bond donors (Lipinski definition) is 1. The summed E-state index contributed by atoms with van der Waals surface area (Å²) in [5.74, 6) is 0. The van der Waals surface area contributed by atoms with Crippen LogP contribution in [-0.2, 0) is 0 Å². The average molecular weight is 210 g/mol. The Balaban J connectivity index is 2.38. The van der Waals surface area contributed by atoms with Crippen LogP contribution in [0.3, 0.4) is 0 Å². The summed E-state index contributed by atoms with van der Waals surface area (Å²) >= 11 is 0. The van der Waals surface area contributed by atoms with Crippen LogP contribution in [0.5, 0.6) is 0 Å². The minimum Gasteiger partial charge on any atom is -0.438 e. The van der Waals surface area contributed by atoms with E-state index in [1.165, 1.54) is 0 Å². The van der Waals surface area contributed by atoms with Crippen molar-refractivity contribution in [1.82, 2.24) is 19.9 Å². The highest BCUT2D eigenvalue weighted by molar-refractivity contribution is 6.16. The van der Waals surface area contributed by atoms with Gasteiger partial charge >= 0.3 is 0 Å². The van der Waals surface area contributed by atoms with Crippen molar-refractivity contribution in [3.8, 4) is 0 Å². The van der Waals surface area contributed by atoms with Gasteiger partial charge in [-0.15, -0.1) is 0 Å². The van der Waals surface area contributed by atoms with Crippen molar-refractivity contribution >= 4 is 33.2 Å². The van der Waals surface area contributed by atoms with Crippen LogP contribution in [0.2, 0.25) is 0 Å². The normalized spacial score (nSPS) is 11.8. The summed E-state index contributed by atoms with van der Waals surface area (Å²) in [6.07, 6.45) is 6.77. The van der Waals surface area contributed by atoms with E-state index in [4.69, 9.17) is 4.42 Å². The monoisotopic (exact) mass is 210 g/mol. The quantitative estimate of drug-likeness (QED) is 0.483. The van der Waals surface area contributed by atoms with Crippen LogP contribution in [0.4, 0.5) is 0 Å². The highest BCUT2D eigenvalue weighted by Gasteiger charge is 2.13. The Morgan fingerprint density at radius 1 is 1.12 bits per heavy atom. The second kappa shape index (κ2) is 2.57. The molecule has 0 aromatic carbocycles. The molecule has 0 saturated carbocycles. The van der Waals surface area contributed by atoms with Crippen molar-refractivity contribution in [2.45, 2.75) is 0 Å². The van der Waals surface area contributed by atoms with Gasteiger partial charge in [-0.3, -0.25) is 9.97 Å². The Hall–Kier alpha value is -2.43.